The van der Waals surface area contributed by atoms with Crippen LogP contribution in [-0.4, -0.2) is 33.8 Å². The number of imide groups is 1. The smallest absolute Gasteiger partial charge is 0.339 e. The molecule has 0 N–H and O–H groups in total. The minimum atomic E-state index is -0.461. The van der Waals surface area contributed by atoms with Crippen LogP contribution in [0.5, 0.6) is 0 Å². The molecule has 0 aromatic heterocycles. The maximum absolute atomic E-state index is 11.8. The Morgan fingerprint density at radius 1 is 1.42 bits per heavy atom. The van der Waals surface area contributed by atoms with E-state index in [0.29, 0.717) is 10.5 Å². The lowest BCUT2D eigenvalue weighted by Gasteiger charge is -2.13. The largest absolute Gasteiger partial charge is 0.462 e. The molecule has 0 unspecified atom stereocenters. The van der Waals surface area contributed by atoms with E-state index < -0.39 is 5.97 Å². The summed E-state index contributed by atoms with van der Waals surface area (Å²) in [6.45, 7) is 1.99. The summed E-state index contributed by atoms with van der Waals surface area (Å²) in [5, 5.41) is -0.311. The van der Waals surface area contributed by atoms with Gasteiger partial charge in [0.1, 0.15) is 0 Å². The highest BCUT2D eigenvalue weighted by Crippen LogP contribution is 2.33. The number of rotatable bonds is 4. The standard InChI is InChI=1S/C12H11NO4S2/c1-2-17-11(15)8-5-3-4-6-9(8)19-13-10(14)7-18-12(13)16/h3-6H,2,7H2,1H3. The zero-order valence-electron chi connectivity index (χ0n) is 10.1. The third-order valence-corrected chi connectivity index (χ3v) is 4.32. The first-order valence-electron chi connectivity index (χ1n) is 5.57. The van der Waals surface area contributed by atoms with Crippen molar-refractivity contribution in [3.8, 4) is 0 Å². The first-order valence-corrected chi connectivity index (χ1v) is 7.33. The minimum Gasteiger partial charge on any atom is -0.462 e. The third kappa shape index (κ3) is 3.10. The van der Waals surface area contributed by atoms with Gasteiger partial charge in [-0.05, 0) is 31.0 Å². The number of hydrogen-bond donors (Lipinski definition) is 0. The maximum atomic E-state index is 11.8. The average molecular weight is 297 g/mol. The third-order valence-electron chi connectivity index (χ3n) is 2.28. The van der Waals surface area contributed by atoms with Crippen LogP contribution in [0.15, 0.2) is 29.2 Å². The van der Waals surface area contributed by atoms with Crippen molar-refractivity contribution in [2.75, 3.05) is 12.4 Å². The lowest BCUT2D eigenvalue weighted by atomic mass is 10.2. The molecule has 0 aliphatic carbocycles. The lowest BCUT2D eigenvalue weighted by molar-refractivity contribution is -0.120. The first kappa shape index (κ1) is 14.0. The molecule has 1 saturated heterocycles. The minimum absolute atomic E-state index is 0.146. The summed E-state index contributed by atoms with van der Waals surface area (Å²) < 4.78 is 6.01. The van der Waals surface area contributed by atoms with Crippen LogP contribution in [-0.2, 0) is 9.53 Å². The van der Waals surface area contributed by atoms with E-state index in [1.165, 1.54) is 0 Å². The second kappa shape index (κ2) is 6.12. The molecule has 1 fully saturated rings. The van der Waals surface area contributed by atoms with E-state index in [2.05, 4.69) is 0 Å². The monoisotopic (exact) mass is 297 g/mol. The van der Waals surface area contributed by atoms with Gasteiger partial charge < -0.3 is 4.74 Å². The molecule has 1 aromatic carbocycles. The molecule has 0 saturated carbocycles. The zero-order chi connectivity index (χ0) is 13.8. The Hall–Kier alpha value is -1.47. The predicted molar refractivity (Wildman–Crippen MR) is 73.0 cm³/mol. The summed E-state index contributed by atoms with van der Waals surface area (Å²) in [5.41, 5.74) is 0.354. The van der Waals surface area contributed by atoms with Gasteiger partial charge in [0, 0.05) is 4.90 Å². The van der Waals surface area contributed by atoms with Gasteiger partial charge >= 0.3 is 5.97 Å². The Morgan fingerprint density at radius 2 is 2.16 bits per heavy atom. The highest BCUT2D eigenvalue weighted by molar-refractivity contribution is 8.16. The summed E-state index contributed by atoms with van der Waals surface area (Å²) in [6.07, 6.45) is 0. The number of thioether (sulfide) groups is 1. The Morgan fingerprint density at radius 3 is 2.79 bits per heavy atom. The van der Waals surface area contributed by atoms with Crippen molar-refractivity contribution in [1.82, 2.24) is 4.31 Å². The molecule has 100 valence electrons. The fourth-order valence-corrected chi connectivity index (χ4v) is 3.23. The molecule has 1 heterocycles. The van der Waals surface area contributed by atoms with Crippen LogP contribution >= 0.6 is 23.7 Å². The average Bonchev–Trinajstić information content (AvgIpc) is 2.71. The molecule has 0 bridgehead atoms. The number of ether oxygens (including phenoxy) is 1. The van der Waals surface area contributed by atoms with Crippen LogP contribution in [0.1, 0.15) is 17.3 Å². The number of hydrogen-bond acceptors (Lipinski definition) is 6. The van der Waals surface area contributed by atoms with Crippen LogP contribution in [0.2, 0.25) is 0 Å². The number of nitrogens with zero attached hydrogens (tertiary/aromatic N) is 1. The van der Waals surface area contributed by atoms with Crippen molar-refractivity contribution in [2.45, 2.75) is 11.8 Å². The van der Waals surface area contributed by atoms with Gasteiger partial charge in [0.05, 0.1) is 17.9 Å². The molecule has 19 heavy (non-hydrogen) atoms. The molecule has 5 nitrogen and oxygen atoms in total. The van der Waals surface area contributed by atoms with Gasteiger partial charge in [-0.1, -0.05) is 23.9 Å². The molecular formula is C12H11NO4S2. The Balaban J connectivity index is 2.23. The van der Waals surface area contributed by atoms with E-state index in [1.807, 2.05) is 0 Å². The molecule has 0 spiro atoms. The zero-order valence-corrected chi connectivity index (χ0v) is 11.8. The Labute approximate surface area is 118 Å². The Bertz CT molecular complexity index is 516. The fraction of sp³-hybridized carbons (Fsp3) is 0.250. The Kier molecular flexibility index (Phi) is 4.49. The number of amides is 2. The van der Waals surface area contributed by atoms with Gasteiger partial charge in [-0.25, -0.2) is 9.10 Å². The lowest BCUT2D eigenvalue weighted by Crippen LogP contribution is -2.21. The number of esters is 1. The highest BCUT2D eigenvalue weighted by atomic mass is 32.2. The van der Waals surface area contributed by atoms with Gasteiger partial charge in [0.2, 0.25) is 0 Å². The van der Waals surface area contributed by atoms with Crippen molar-refractivity contribution in [3.05, 3.63) is 29.8 Å². The van der Waals surface area contributed by atoms with Gasteiger partial charge in [0.15, 0.2) is 0 Å². The van der Waals surface area contributed by atoms with Gasteiger partial charge in [-0.15, -0.1) is 0 Å². The summed E-state index contributed by atoms with van der Waals surface area (Å²) in [4.78, 5) is 35.4. The molecule has 7 heteroatoms. The number of benzene rings is 1. The number of carbonyl (C=O) groups excluding carboxylic acids is 3. The van der Waals surface area contributed by atoms with Crippen LogP contribution in [0.4, 0.5) is 4.79 Å². The van der Waals surface area contributed by atoms with E-state index >= 15 is 0 Å². The normalized spacial score (nSPS) is 14.9. The van der Waals surface area contributed by atoms with Crippen molar-refractivity contribution < 1.29 is 19.1 Å². The van der Waals surface area contributed by atoms with Gasteiger partial charge in [-0.2, -0.15) is 0 Å². The molecule has 2 amide bonds. The molecule has 1 aliphatic heterocycles. The summed E-state index contributed by atoms with van der Waals surface area (Å²) >= 11 is 1.92. The quantitative estimate of drug-likeness (QED) is 0.628. The van der Waals surface area contributed by atoms with E-state index in [1.54, 1.807) is 31.2 Å². The highest BCUT2D eigenvalue weighted by Gasteiger charge is 2.32. The van der Waals surface area contributed by atoms with Crippen LogP contribution in [0.25, 0.3) is 0 Å². The van der Waals surface area contributed by atoms with E-state index in [-0.39, 0.29) is 23.5 Å². The molecule has 1 aliphatic rings. The van der Waals surface area contributed by atoms with Crippen LogP contribution < -0.4 is 0 Å². The predicted octanol–water partition coefficient (Wildman–Crippen LogP) is 2.57. The van der Waals surface area contributed by atoms with Crippen molar-refractivity contribution in [1.29, 1.82) is 0 Å². The molecular weight excluding hydrogens is 286 g/mol. The van der Waals surface area contributed by atoms with Crippen LogP contribution in [0.3, 0.4) is 0 Å². The van der Waals surface area contributed by atoms with Gasteiger partial charge in [0.25, 0.3) is 11.1 Å². The van der Waals surface area contributed by atoms with Crippen molar-refractivity contribution >= 4 is 40.8 Å². The van der Waals surface area contributed by atoms with Gasteiger partial charge in [-0.3, -0.25) is 9.59 Å². The second-order valence-electron chi connectivity index (χ2n) is 3.55. The number of carbonyl (C=O) groups is 3. The SMILES string of the molecule is CCOC(=O)c1ccccc1SN1C(=O)CSC1=O. The maximum Gasteiger partial charge on any atom is 0.339 e. The van der Waals surface area contributed by atoms with Crippen LogP contribution in [0, 0.1) is 0 Å². The van der Waals surface area contributed by atoms with Crippen molar-refractivity contribution in [3.63, 3.8) is 0 Å². The molecule has 0 radical (unpaired) electrons. The summed E-state index contributed by atoms with van der Waals surface area (Å²) in [7, 11) is 0. The first-order chi connectivity index (χ1) is 9.13. The van der Waals surface area contributed by atoms with Crippen molar-refractivity contribution in [2.24, 2.45) is 0 Å². The molecule has 2 rings (SSSR count). The second-order valence-corrected chi connectivity index (χ2v) is 5.46. The summed E-state index contributed by atoms with van der Waals surface area (Å²) in [6, 6.07) is 6.74. The van der Waals surface area contributed by atoms with E-state index in [0.717, 1.165) is 28.0 Å². The van der Waals surface area contributed by atoms with E-state index in [4.69, 9.17) is 4.74 Å². The topological polar surface area (TPSA) is 63.7 Å². The molecule has 0 atom stereocenters. The summed E-state index contributed by atoms with van der Waals surface area (Å²) in [5.74, 6) is -0.580. The molecule has 1 aromatic rings. The van der Waals surface area contributed by atoms with E-state index in [9.17, 15) is 14.4 Å². The fourth-order valence-electron chi connectivity index (χ4n) is 1.45.